The molecule has 2 heterocycles. The van der Waals surface area contributed by atoms with E-state index in [9.17, 15) is 14.1 Å². The van der Waals surface area contributed by atoms with Gasteiger partial charge in [-0.15, -0.1) is 0 Å². The second-order valence-corrected chi connectivity index (χ2v) is 9.16. The lowest BCUT2D eigenvalue weighted by Crippen LogP contribution is -2.59. The SMILES string of the molecule is O=C(CN1C(=O)CC1[S+]([O-])Cc1ccncc1)NCCCCCCc1ccccc1. The molecular formula is C23H29N3O3S. The van der Waals surface area contributed by atoms with Crippen LogP contribution in [0.3, 0.4) is 0 Å². The molecule has 1 aromatic heterocycles. The van der Waals surface area contributed by atoms with Crippen LogP contribution in [0.15, 0.2) is 54.9 Å². The zero-order chi connectivity index (χ0) is 21.2. The van der Waals surface area contributed by atoms with Crippen molar-refractivity contribution in [1.82, 2.24) is 15.2 Å². The van der Waals surface area contributed by atoms with Crippen LogP contribution in [0.5, 0.6) is 0 Å². The minimum atomic E-state index is -1.23. The zero-order valence-electron chi connectivity index (χ0n) is 17.2. The standard InChI is InChI=1S/C23H29N3O3S/c27-21(25-13-7-2-1-4-8-19-9-5-3-6-10-19)17-26-22(28)16-23(26)30(29)18-20-11-14-24-15-12-20/h3,5-6,9-12,14-15,23H,1-2,4,7-8,13,16-18H2,(H,25,27). The van der Waals surface area contributed by atoms with E-state index in [0.717, 1.165) is 37.7 Å². The molecule has 0 radical (unpaired) electrons. The van der Waals surface area contributed by atoms with Crippen LogP contribution in [-0.4, -0.2) is 44.7 Å². The van der Waals surface area contributed by atoms with Crippen LogP contribution >= 0.6 is 0 Å². The van der Waals surface area contributed by atoms with E-state index in [2.05, 4.69) is 34.6 Å². The third-order valence-corrected chi connectivity index (χ3v) is 6.90. The molecule has 30 heavy (non-hydrogen) atoms. The molecule has 6 nitrogen and oxygen atoms in total. The topological polar surface area (TPSA) is 85.4 Å². The van der Waals surface area contributed by atoms with Crippen molar-refractivity contribution in [1.29, 1.82) is 0 Å². The van der Waals surface area contributed by atoms with Crippen molar-refractivity contribution in [2.24, 2.45) is 0 Å². The van der Waals surface area contributed by atoms with Gasteiger partial charge in [0.15, 0.2) is 5.37 Å². The number of hydrogen-bond acceptors (Lipinski definition) is 4. The fourth-order valence-electron chi connectivity index (χ4n) is 3.48. The summed E-state index contributed by atoms with van der Waals surface area (Å²) in [5.41, 5.74) is 2.28. The van der Waals surface area contributed by atoms with Gasteiger partial charge in [-0.25, -0.2) is 0 Å². The van der Waals surface area contributed by atoms with Crippen molar-refractivity contribution in [3.63, 3.8) is 0 Å². The Morgan fingerprint density at radius 2 is 1.80 bits per heavy atom. The number of rotatable bonds is 12. The van der Waals surface area contributed by atoms with Gasteiger partial charge in [0.2, 0.25) is 11.8 Å². The molecule has 1 aliphatic rings. The summed E-state index contributed by atoms with van der Waals surface area (Å²) in [5, 5.41) is 2.50. The summed E-state index contributed by atoms with van der Waals surface area (Å²) in [4.78, 5) is 29.5. The van der Waals surface area contributed by atoms with Gasteiger partial charge >= 0.3 is 0 Å². The molecule has 1 saturated heterocycles. The highest BCUT2D eigenvalue weighted by molar-refractivity contribution is 7.91. The summed E-state index contributed by atoms with van der Waals surface area (Å²) < 4.78 is 12.6. The largest absolute Gasteiger partial charge is 0.614 e. The van der Waals surface area contributed by atoms with Gasteiger partial charge in [0, 0.05) is 24.5 Å². The molecular weight excluding hydrogens is 398 g/mol. The van der Waals surface area contributed by atoms with Crippen molar-refractivity contribution < 1.29 is 14.1 Å². The van der Waals surface area contributed by atoms with Gasteiger partial charge in [0.05, 0.1) is 6.42 Å². The normalized spacial score (nSPS) is 16.8. The van der Waals surface area contributed by atoms with Gasteiger partial charge in [-0.3, -0.25) is 19.5 Å². The average Bonchev–Trinajstić information content (AvgIpc) is 2.76. The smallest absolute Gasteiger partial charge is 0.239 e. The maximum atomic E-state index is 12.6. The number of unbranched alkanes of at least 4 members (excludes halogenated alkanes) is 3. The second kappa shape index (κ2) is 11.7. The number of nitrogens with zero attached hydrogens (tertiary/aromatic N) is 2. The average molecular weight is 428 g/mol. The van der Waals surface area contributed by atoms with E-state index >= 15 is 0 Å². The fraction of sp³-hybridized carbons (Fsp3) is 0.435. The number of pyridine rings is 1. The Bertz CT molecular complexity index is 804. The Hall–Kier alpha value is -2.38. The van der Waals surface area contributed by atoms with Crippen molar-refractivity contribution >= 4 is 23.0 Å². The molecule has 3 rings (SSSR count). The lowest BCUT2D eigenvalue weighted by atomic mass is 10.1. The van der Waals surface area contributed by atoms with Crippen LogP contribution in [0, 0.1) is 0 Å². The molecule has 1 fully saturated rings. The maximum Gasteiger partial charge on any atom is 0.239 e. The Labute approximate surface area is 181 Å². The van der Waals surface area contributed by atoms with Gasteiger partial charge in [0.25, 0.3) is 0 Å². The first kappa shape index (κ1) is 22.3. The molecule has 1 N–H and O–H groups in total. The Balaban J connectivity index is 1.28. The van der Waals surface area contributed by atoms with E-state index in [1.165, 1.54) is 10.5 Å². The van der Waals surface area contributed by atoms with Gasteiger partial charge in [0.1, 0.15) is 12.3 Å². The molecule has 2 unspecified atom stereocenters. The summed E-state index contributed by atoms with van der Waals surface area (Å²) in [6.07, 6.45) is 8.90. The third-order valence-electron chi connectivity index (χ3n) is 5.25. The summed E-state index contributed by atoms with van der Waals surface area (Å²) in [5.74, 6) is 0.0686. The number of amides is 2. The van der Waals surface area contributed by atoms with Crippen molar-refractivity contribution in [2.45, 2.75) is 49.7 Å². The van der Waals surface area contributed by atoms with Crippen LogP contribution in [0.4, 0.5) is 0 Å². The monoisotopic (exact) mass is 427 g/mol. The number of hydrogen-bond donors (Lipinski definition) is 1. The summed E-state index contributed by atoms with van der Waals surface area (Å²) in [7, 11) is 0. The van der Waals surface area contributed by atoms with E-state index in [1.54, 1.807) is 12.4 Å². The van der Waals surface area contributed by atoms with Crippen LogP contribution < -0.4 is 5.32 Å². The molecule has 1 aromatic carbocycles. The molecule has 2 atom stereocenters. The Morgan fingerprint density at radius 3 is 2.53 bits per heavy atom. The third kappa shape index (κ3) is 6.85. The number of carbonyl (C=O) groups excluding carboxylic acids is 2. The van der Waals surface area contributed by atoms with E-state index in [1.807, 2.05) is 18.2 Å². The highest BCUT2D eigenvalue weighted by atomic mass is 32.2. The molecule has 0 spiro atoms. The zero-order valence-corrected chi connectivity index (χ0v) is 18.0. The number of likely N-dealkylation sites (tertiary alicyclic amines) is 1. The molecule has 160 valence electrons. The number of nitrogens with one attached hydrogen (secondary N) is 1. The summed E-state index contributed by atoms with van der Waals surface area (Å²) >= 11 is -1.23. The highest BCUT2D eigenvalue weighted by Crippen LogP contribution is 2.26. The number of β-lactam (4-membered cyclic amide) rings is 1. The van der Waals surface area contributed by atoms with E-state index in [4.69, 9.17) is 0 Å². The van der Waals surface area contributed by atoms with Gasteiger partial charge in [-0.1, -0.05) is 43.2 Å². The van der Waals surface area contributed by atoms with Gasteiger partial charge in [-0.05, 0) is 48.1 Å². The van der Waals surface area contributed by atoms with Crippen LogP contribution in [0.1, 0.15) is 43.2 Å². The van der Waals surface area contributed by atoms with Crippen molar-refractivity contribution in [3.05, 3.63) is 66.0 Å². The van der Waals surface area contributed by atoms with Crippen LogP contribution in [0.25, 0.3) is 0 Å². The number of benzene rings is 1. The number of aromatic nitrogens is 1. The minimum Gasteiger partial charge on any atom is -0.614 e. The van der Waals surface area contributed by atoms with E-state index in [0.29, 0.717) is 12.3 Å². The first-order chi connectivity index (χ1) is 14.6. The Morgan fingerprint density at radius 1 is 1.07 bits per heavy atom. The van der Waals surface area contributed by atoms with Crippen LogP contribution in [-0.2, 0) is 32.9 Å². The predicted molar refractivity (Wildman–Crippen MR) is 118 cm³/mol. The van der Waals surface area contributed by atoms with Crippen LogP contribution in [0.2, 0.25) is 0 Å². The molecule has 2 amide bonds. The molecule has 0 saturated carbocycles. The quantitative estimate of drug-likeness (QED) is 0.321. The minimum absolute atomic E-state index is 0.0143. The number of aryl methyl sites for hydroxylation is 1. The molecule has 2 aromatic rings. The van der Waals surface area contributed by atoms with Crippen molar-refractivity contribution in [3.8, 4) is 0 Å². The van der Waals surface area contributed by atoms with E-state index in [-0.39, 0.29) is 30.2 Å². The summed E-state index contributed by atoms with van der Waals surface area (Å²) in [6.45, 7) is 0.594. The lowest BCUT2D eigenvalue weighted by molar-refractivity contribution is -0.145. The molecule has 0 aliphatic carbocycles. The fourth-order valence-corrected chi connectivity index (χ4v) is 5.00. The first-order valence-corrected chi connectivity index (χ1v) is 11.9. The van der Waals surface area contributed by atoms with Gasteiger partial charge < -0.3 is 9.87 Å². The highest BCUT2D eigenvalue weighted by Gasteiger charge is 2.45. The lowest BCUT2D eigenvalue weighted by Gasteiger charge is -2.39. The van der Waals surface area contributed by atoms with Gasteiger partial charge in [-0.2, -0.15) is 0 Å². The predicted octanol–water partition coefficient (Wildman–Crippen LogP) is 2.81. The summed E-state index contributed by atoms with van der Waals surface area (Å²) in [6, 6.07) is 14.1. The van der Waals surface area contributed by atoms with Crippen molar-refractivity contribution in [2.75, 3.05) is 13.1 Å². The molecule has 7 heteroatoms. The first-order valence-electron chi connectivity index (χ1n) is 10.5. The molecule has 0 bridgehead atoms. The van der Waals surface area contributed by atoms with E-state index < -0.39 is 11.2 Å². The maximum absolute atomic E-state index is 12.6. The Kier molecular flexibility index (Phi) is 8.71. The second-order valence-electron chi connectivity index (χ2n) is 7.56. The number of carbonyl (C=O) groups is 2. The molecule has 1 aliphatic heterocycles.